The van der Waals surface area contributed by atoms with E-state index in [4.69, 9.17) is 14.2 Å². The van der Waals surface area contributed by atoms with Crippen LogP contribution in [-0.4, -0.2) is 64.3 Å². The zero-order valence-corrected chi connectivity index (χ0v) is 24.5. The Bertz CT molecular complexity index is 1270. The van der Waals surface area contributed by atoms with Crippen LogP contribution in [0.2, 0.25) is 0 Å². The molecule has 10 atom stereocenters. The van der Waals surface area contributed by atoms with Crippen LogP contribution < -0.4 is 0 Å². The highest BCUT2D eigenvalue weighted by molar-refractivity contribution is 6.01. The van der Waals surface area contributed by atoms with E-state index in [0.29, 0.717) is 44.1 Å². The molecular weight excluding hydrogens is 531 g/mol. The summed E-state index contributed by atoms with van der Waals surface area (Å²) in [4.78, 5) is 51.0. The lowest BCUT2D eigenvalue weighted by Crippen LogP contribution is -2.70. The van der Waals surface area contributed by atoms with Crippen molar-refractivity contribution < 1.29 is 42.9 Å². The first-order chi connectivity index (χ1) is 19.1. The predicted octanol–water partition coefficient (Wildman–Crippen LogP) is 3.98. The summed E-state index contributed by atoms with van der Waals surface area (Å²) in [5, 5.41) is 11.7. The van der Waals surface area contributed by atoms with Gasteiger partial charge in [-0.15, -0.1) is 0 Å². The number of hydrogen-bond donors (Lipinski definition) is 1. The SMILES string of the molecule is CC(=O)[C@H]1CC[C@@H](C(=O)OCC(=O)[C@@]23OC(C)(C)O[C@@H]2C[C@H]2[C@@H]4CCC5=CC(=O)C=C[C@]5(C)[C@@]4(F)[C@@H](O)C[C@@]23C)C1. The number of carbonyl (C=O) groups is 4. The number of alkyl halides is 1. The molecule has 1 heterocycles. The number of aliphatic hydroxyl groups excluding tert-OH is 1. The van der Waals surface area contributed by atoms with Crippen molar-refractivity contribution in [3.05, 3.63) is 23.8 Å². The number of halogens is 1. The molecule has 0 aromatic carbocycles. The normalized spacial score (nSPS) is 47.6. The Balaban J connectivity index is 1.30. The van der Waals surface area contributed by atoms with Crippen LogP contribution in [-0.2, 0) is 33.4 Å². The van der Waals surface area contributed by atoms with E-state index in [9.17, 15) is 24.3 Å². The standard InChI is InChI=1S/C32H41FO8/c1-17(34)18-6-7-19(12-18)27(38)39-16-25(37)32-26(40-28(2,3)41-32)14-23-22-9-8-20-13-21(35)10-11-29(20,4)31(22,33)24(36)15-30(23,32)5/h10-11,13,18-19,22-24,26,36H,6-9,12,14-16H2,1-5H3/t18-,19+,22-,23-,24-,26+,29-,30-,31-,32+/m0/s1. The second-order valence-corrected chi connectivity index (χ2v) is 14.2. The fraction of sp³-hybridized carbons (Fsp3) is 0.750. The number of allylic oxidation sites excluding steroid dienone is 4. The maximum atomic E-state index is 17.5. The molecule has 6 rings (SSSR count). The lowest BCUT2D eigenvalue weighted by Gasteiger charge is -2.62. The van der Waals surface area contributed by atoms with Crippen molar-refractivity contribution in [1.29, 1.82) is 0 Å². The molecule has 0 aromatic heterocycles. The fourth-order valence-electron chi connectivity index (χ4n) is 9.74. The fourth-order valence-corrected chi connectivity index (χ4v) is 9.74. The topological polar surface area (TPSA) is 116 Å². The predicted molar refractivity (Wildman–Crippen MR) is 144 cm³/mol. The number of rotatable bonds is 5. The first-order valence-corrected chi connectivity index (χ1v) is 15.0. The molecule has 1 saturated heterocycles. The van der Waals surface area contributed by atoms with Gasteiger partial charge in [0.25, 0.3) is 0 Å². The van der Waals surface area contributed by atoms with Gasteiger partial charge in [0.1, 0.15) is 5.78 Å². The van der Waals surface area contributed by atoms with Crippen molar-refractivity contribution in [1.82, 2.24) is 0 Å². The number of Topliss-reactive ketones (excluding diaryl/α,β-unsaturated/α-hetero) is 2. The third-order valence-corrected chi connectivity index (χ3v) is 11.7. The minimum Gasteiger partial charge on any atom is -0.457 e. The van der Waals surface area contributed by atoms with Gasteiger partial charge in [-0.2, -0.15) is 0 Å². The van der Waals surface area contributed by atoms with E-state index in [2.05, 4.69) is 0 Å². The zero-order valence-electron chi connectivity index (χ0n) is 24.5. The van der Waals surface area contributed by atoms with Gasteiger partial charge in [-0.25, -0.2) is 4.39 Å². The van der Waals surface area contributed by atoms with Crippen LogP contribution in [0, 0.1) is 34.5 Å². The third-order valence-electron chi connectivity index (χ3n) is 11.7. The van der Waals surface area contributed by atoms with Crippen LogP contribution in [0.4, 0.5) is 4.39 Å². The van der Waals surface area contributed by atoms with Gasteiger partial charge in [-0.05, 0) is 90.7 Å². The quantitative estimate of drug-likeness (QED) is 0.492. The molecule has 0 unspecified atom stereocenters. The van der Waals surface area contributed by atoms with Gasteiger partial charge < -0.3 is 19.3 Å². The van der Waals surface area contributed by atoms with Crippen molar-refractivity contribution in [3.8, 4) is 0 Å². The van der Waals surface area contributed by atoms with Gasteiger partial charge in [0, 0.05) is 22.7 Å². The van der Waals surface area contributed by atoms with Crippen LogP contribution in [0.25, 0.3) is 0 Å². The monoisotopic (exact) mass is 572 g/mol. The van der Waals surface area contributed by atoms with Crippen LogP contribution in [0.1, 0.15) is 79.6 Å². The Hall–Kier alpha value is -2.23. The molecule has 1 aliphatic heterocycles. The van der Waals surface area contributed by atoms with E-state index in [1.807, 2.05) is 6.92 Å². The maximum absolute atomic E-state index is 17.5. The Morgan fingerprint density at radius 1 is 1.07 bits per heavy atom. The first kappa shape index (κ1) is 28.9. The minimum atomic E-state index is -2.04. The number of carbonyl (C=O) groups excluding carboxylic acids is 4. The van der Waals surface area contributed by atoms with Crippen LogP contribution in [0.3, 0.4) is 0 Å². The molecule has 5 fully saturated rings. The molecule has 0 spiro atoms. The summed E-state index contributed by atoms with van der Waals surface area (Å²) in [6, 6.07) is 0. The van der Waals surface area contributed by atoms with Crippen molar-refractivity contribution in [2.75, 3.05) is 6.61 Å². The van der Waals surface area contributed by atoms with Gasteiger partial charge in [0.2, 0.25) is 5.78 Å². The van der Waals surface area contributed by atoms with Crippen molar-refractivity contribution in [2.24, 2.45) is 34.5 Å². The van der Waals surface area contributed by atoms with Crippen LogP contribution in [0.15, 0.2) is 23.8 Å². The number of ketones is 3. The maximum Gasteiger partial charge on any atom is 0.309 e. The molecule has 41 heavy (non-hydrogen) atoms. The summed E-state index contributed by atoms with van der Waals surface area (Å²) in [5.41, 5.74) is -5.02. The van der Waals surface area contributed by atoms with Crippen LogP contribution in [0.5, 0.6) is 0 Å². The van der Waals surface area contributed by atoms with E-state index in [-0.39, 0.29) is 29.8 Å². The number of esters is 1. The van der Waals surface area contributed by atoms with Gasteiger partial charge in [-0.3, -0.25) is 19.2 Å². The van der Waals surface area contributed by atoms with Crippen molar-refractivity contribution >= 4 is 23.3 Å². The number of hydrogen-bond acceptors (Lipinski definition) is 8. The van der Waals surface area contributed by atoms with E-state index in [1.54, 1.807) is 26.8 Å². The Morgan fingerprint density at radius 3 is 2.46 bits per heavy atom. The Kier molecular flexibility index (Phi) is 6.43. The average Bonchev–Trinajstić information content (AvgIpc) is 3.55. The van der Waals surface area contributed by atoms with Gasteiger partial charge in [0.15, 0.2) is 29.4 Å². The van der Waals surface area contributed by atoms with Gasteiger partial charge >= 0.3 is 5.97 Å². The summed E-state index contributed by atoms with van der Waals surface area (Å²) < 4.78 is 35.9. The van der Waals surface area contributed by atoms with Gasteiger partial charge in [0.05, 0.1) is 18.1 Å². The summed E-state index contributed by atoms with van der Waals surface area (Å²) in [7, 11) is 0. The second-order valence-electron chi connectivity index (χ2n) is 14.2. The van der Waals surface area contributed by atoms with Crippen LogP contribution >= 0.6 is 0 Å². The average molecular weight is 573 g/mol. The first-order valence-electron chi connectivity index (χ1n) is 15.0. The summed E-state index contributed by atoms with van der Waals surface area (Å²) in [5.74, 6) is -3.73. The van der Waals surface area contributed by atoms with Crippen molar-refractivity contribution in [2.45, 2.75) is 109 Å². The molecule has 8 nitrogen and oxygen atoms in total. The highest BCUT2D eigenvalue weighted by Gasteiger charge is 2.80. The molecule has 1 N–H and O–H groups in total. The lowest BCUT2D eigenvalue weighted by atomic mass is 9.44. The highest BCUT2D eigenvalue weighted by atomic mass is 19.1. The van der Waals surface area contributed by atoms with Gasteiger partial charge in [-0.1, -0.05) is 18.6 Å². The molecule has 9 heteroatoms. The summed E-state index contributed by atoms with van der Waals surface area (Å²) in [6.07, 6.45) is 5.20. The minimum absolute atomic E-state index is 0.0478. The molecule has 0 radical (unpaired) electrons. The van der Waals surface area contributed by atoms with Crippen molar-refractivity contribution in [3.63, 3.8) is 0 Å². The molecule has 4 saturated carbocycles. The van der Waals surface area contributed by atoms with E-state index >= 15 is 4.39 Å². The Morgan fingerprint density at radius 2 is 1.78 bits per heavy atom. The molecule has 0 aromatic rings. The Labute approximate surface area is 240 Å². The number of ether oxygens (including phenoxy) is 3. The lowest BCUT2D eigenvalue weighted by molar-refractivity contribution is -0.246. The molecule has 5 aliphatic carbocycles. The molecular formula is C32H41FO8. The molecule has 224 valence electrons. The zero-order chi connectivity index (χ0) is 29.8. The largest absolute Gasteiger partial charge is 0.457 e. The number of aliphatic hydroxyl groups is 1. The molecule has 0 amide bonds. The van der Waals surface area contributed by atoms with E-state index in [1.165, 1.54) is 19.1 Å². The molecule has 0 bridgehead atoms. The highest BCUT2D eigenvalue weighted by Crippen LogP contribution is 2.72. The smallest absolute Gasteiger partial charge is 0.309 e. The molecule has 6 aliphatic rings. The summed E-state index contributed by atoms with van der Waals surface area (Å²) in [6.45, 7) is 8.10. The number of fused-ring (bicyclic) bond motifs is 7. The van der Waals surface area contributed by atoms with E-state index < -0.39 is 70.3 Å². The van der Waals surface area contributed by atoms with E-state index in [0.717, 1.165) is 0 Å². The third kappa shape index (κ3) is 3.80. The summed E-state index contributed by atoms with van der Waals surface area (Å²) >= 11 is 0. The second kappa shape index (κ2) is 9.13.